The lowest BCUT2D eigenvalue weighted by Gasteiger charge is -2.15. The van der Waals surface area contributed by atoms with Gasteiger partial charge in [0.1, 0.15) is 11.8 Å². The van der Waals surface area contributed by atoms with Crippen molar-refractivity contribution in [2.75, 3.05) is 6.61 Å². The second-order valence-electron chi connectivity index (χ2n) is 7.23. The van der Waals surface area contributed by atoms with Crippen molar-refractivity contribution in [2.24, 2.45) is 0 Å². The highest BCUT2D eigenvalue weighted by atomic mass is 16.5. The fraction of sp³-hybridized carbons (Fsp3) is 0.273. The first-order valence-corrected chi connectivity index (χ1v) is 9.52. The predicted octanol–water partition coefficient (Wildman–Crippen LogP) is 2.34. The van der Waals surface area contributed by atoms with Gasteiger partial charge in [0.25, 0.3) is 5.91 Å². The Morgan fingerprint density at radius 1 is 1.24 bits per heavy atom. The van der Waals surface area contributed by atoms with Crippen molar-refractivity contribution in [3.05, 3.63) is 65.4 Å². The molecule has 0 unspecified atom stereocenters. The summed E-state index contributed by atoms with van der Waals surface area (Å²) in [6.45, 7) is -0.299. The van der Waals surface area contributed by atoms with Crippen LogP contribution in [0.4, 0.5) is 0 Å². The Bertz CT molecular complexity index is 1060. The van der Waals surface area contributed by atoms with E-state index in [-0.39, 0.29) is 13.0 Å². The molecular formula is C22H22N2O5. The van der Waals surface area contributed by atoms with Crippen LogP contribution >= 0.6 is 0 Å². The molecule has 7 heteroatoms. The lowest BCUT2D eigenvalue weighted by Crippen LogP contribution is -2.44. The standard InChI is InChI=1S/C22H22N2O5/c25-20-8-6-13-5-7-15(10-17(13)20)29-12-21(26)24-19(22(27)28)9-14-11-23-18-4-2-1-3-16(14)18/h1-5,7,10-11,19-20,23,25H,6,8-9,12H2,(H,24,26)(H,27,28)/t19-,20-/m1/s1. The zero-order valence-corrected chi connectivity index (χ0v) is 15.7. The minimum absolute atomic E-state index is 0.163. The van der Waals surface area contributed by atoms with E-state index >= 15 is 0 Å². The molecule has 0 saturated heterocycles. The molecule has 0 radical (unpaired) electrons. The number of fused-ring (bicyclic) bond motifs is 2. The van der Waals surface area contributed by atoms with Crippen molar-refractivity contribution in [2.45, 2.75) is 31.4 Å². The first kappa shape index (κ1) is 19.0. The van der Waals surface area contributed by atoms with Crippen LogP contribution in [0.2, 0.25) is 0 Å². The second-order valence-corrected chi connectivity index (χ2v) is 7.23. The summed E-state index contributed by atoms with van der Waals surface area (Å²) in [5, 5.41) is 22.9. The van der Waals surface area contributed by atoms with Crippen molar-refractivity contribution >= 4 is 22.8 Å². The Labute approximate surface area is 167 Å². The molecule has 1 aliphatic rings. The predicted molar refractivity (Wildman–Crippen MR) is 107 cm³/mol. The van der Waals surface area contributed by atoms with Gasteiger partial charge in [0, 0.05) is 23.5 Å². The van der Waals surface area contributed by atoms with Crippen LogP contribution in [-0.4, -0.2) is 39.7 Å². The number of aliphatic carboxylic acids is 1. The van der Waals surface area contributed by atoms with E-state index in [2.05, 4.69) is 10.3 Å². The normalized spacial score (nSPS) is 16.4. The van der Waals surface area contributed by atoms with E-state index in [4.69, 9.17) is 4.74 Å². The molecule has 0 fully saturated rings. The highest BCUT2D eigenvalue weighted by molar-refractivity contribution is 5.87. The van der Waals surface area contributed by atoms with Crippen molar-refractivity contribution in [1.29, 1.82) is 0 Å². The number of hydrogen-bond donors (Lipinski definition) is 4. The molecule has 4 N–H and O–H groups in total. The number of carboxylic acid groups (broad SMARTS) is 1. The summed E-state index contributed by atoms with van der Waals surface area (Å²) < 4.78 is 5.51. The van der Waals surface area contributed by atoms with Crippen molar-refractivity contribution in [3.8, 4) is 5.75 Å². The van der Waals surface area contributed by atoms with Crippen LogP contribution in [0.3, 0.4) is 0 Å². The SMILES string of the molecule is O=C(COc1ccc2c(c1)[C@H](O)CC2)N[C@H](Cc1c[nH]c2ccccc12)C(=O)O. The number of benzene rings is 2. The van der Waals surface area contributed by atoms with E-state index in [9.17, 15) is 19.8 Å². The van der Waals surface area contributed by atoms with Crippen LogP contribution in [0.25, 0.3) is 10.9 Å². The largest absolute Gasteiger partial charge is 0.484 e. The topological polar surface area (TPSA) is 112 Å². The molecule has 0 aliphatic heterocycles. The number of carboxylic acids is 1. The zero-order chi connectivity index (χ0) is 20.4. The van der Waals surface area contributed by atoms with E-state index in [1.165, 1.54) is 0 Å². The van der Waals surface area contributed by atoms with Gasteiger partial charge in [-0.1, -0.05) is 24.3 Å². The number of hydrogen-bond acceptors (Lipinski definition) is 4. The molecule has 0 spiro atoms. The van der Waals surface area contributed by atoms with E-state index in [0.29, 0.717) is 12.2 Å². The van der Waals surface area contributed by atoms with Gasteiger partial charge in [-0.05, 0) is 47.7 Å². The van der Waals surface area contributed by atoms with Gasteiger partial charge in [0.05, 0.1) is 6.10 Å². The summed E-state index contributed by atoms with van der Waals surface area (Å²) in [4.78, 5) is 27.0. The van der Waals surface area contributed by atoms with E-state index in [1.54, 1.807) is 18.3 Å². The number of amides is 1. The molecule has 1 heterocycles. The fourth-order valence-corrected chi connectivity index (χ4v) is 3.75. The lowest BCUT2D eigenvalue weighted by molar-refractivity contribution is -0.142. The number of rotatable bonds is 7. The fourth-order valence-electron chi connectivity index (χ4n) is 3.75. The van der Waals surface area contributed by atoms with Crippen LogP contribution in [0.15, 0.2) is 48.7 Å². The first-order chi connectivity index (χ1) is 14.0. The van der Waals surface area contributed by atoms with Crippen LogP contribution in [-0.2, 0) is 22.4 Å². The molecule has 1 aromatic heterocycles. The maximum absolute atomic E-state index is 12.3. The Morgan fingerprint density at radius 3 is 2.90 bits per heavy atom. The van der Waals surface area contributed by atoms with Gasteiger partial charge < -0.3 is 25.3 Å². The maximum atomic E-state index is 12.3. The molecule has 150 valence electrons. The first-order valence-electron chi connectivity index (χ1n) is 9.52. The number of H-pyrrole nitrogens is 1. The summed E-state index contributed by atoms with van der Waals surface area (Å²) in [5.41, 5.74) is 3.64. The quantitative estimate of drug-likeness (QED) is 0.491. The van der Waals surface area contributed by atoms with Crippen LogP contribution in [0.1, 0.15) is 29.2 Å². The number of carbonyl (C=O) groups is 2. The average molecular weight is 394 g/mol. The maximum Gasteiger partial charge on any atom is 0.326 e. The van der Waals surface area contributed by atoms with Gasteiger partial charge in [-0.25, -0.2) is 4.79 Å². The number of aromatic amines is 1. The Hall–Kier alpha value is -3.32. The smallest absolute Gasteiger partial charge is 0.326 e. The minimum atomic E-state index is -1.11. The van der Waals surface area contributed by atoms with E-state index in [0.717, 1.165) is 34.0 Å². The number of ether oxygens (including phenoxy) is 1. The average Bonchev–Trinajstić information content (AvgIpc) is 3.29. The highest BCUT2D eigenvalue weighted by Gasteiger charge is 2.23. The Balaban J connectivity index is 1.38. The molecule has 2 atom stereocenters. The number of carbonyl (C=O) groups excluding carboxylic acids is 1. The lowest BCUT2D eigenvalue weighted by atomic mass is 10.1. The number of para-hydroxylation sites is 1. The number of aromatic nitrogens is 1. The third-order valence-corrected chi connectivity index (χ3v) is 5.27. The third kappa shape index (κ3) is 4.09. The van der Waals surface area contributed by atoms with Crippen LogP contribution < -0.4 is 10.1 Å². The second kappa shape index (κ2) is 7.97. The Morgan fingerprint density at radius 2 is 2.07 bits per heavy atom. The highest BCUT2D eigenvalue weighted by Crippen LogP contribution is 2.33. The molecule has 2 aromatic carbocycles. The van der Waals surface area contributed by atoms with Gasteiger partial charge in [0.2, 0.25) is 0 Å². The van der Waals surface area contributed by atoms with Gasteiger partial charge in [-0.2, -0.15) is 0 Å². The minimum Gasteiger partial charge on any atom is -0.484 e. The monoisotopic (exact) mass is 394 g/mol. The summed E-state index contributed by atoms with van der Waals surface area (Å²) in [7, 11) is 0. The van der Waals surface area contributed by atoms with Crippen molar-refractivity contribution in [1.82, 2.24) is 10.3 Å². The van der Waals surface area contributed by atoms with Crippen LogP contribution in [0, 0.1) is 0 Å². The molecule has 7 nitrogen and oxygen atoms in total. The number of nitrogens with one attached hydrogen (secondary N) is 2. The van der Waals surface area contributed by atoms with Gasteiger partial charge >= 0.3 is 5.97 Å². The van der Waals surface area contributed by atoms with Gasteiger partial charge in [-0.15, -0.1) is 0 Å². The molecule has 3 aromatic rings. The van der Waals surface area contributed by atoms with Crippen molar-refractivity contribution < 1.29 is 24.5 Å². The van der Waals surface area contributed by atoms with Crippen molar-refractivity contribution in [3.63, 3.8) is 0 Å². The molecule has 29 heavy (non-hydrogen) atoms. The van der Waals surface area contributed by atoms with Crippen LogP contribution in [0.5, 0.6) is 5.75 Å². The Kier molecular flexibility index (Phi) is 5.22. The summed E-state index contributed by atoms with van der Waals surface area (Å²) >= 11 is 0. The molecule has 4 rings (SSSR count). The molecule has 0 saturated carbocycles. The molecule has 1 aliphatic carbocycles. The number of aryl methyl sites for hydroxylation is 1. The summed E-state index contributed by atoms with van der Waals surface area (Å²) in [6.07, 6.45) is 2.93. The molecular weight excluding hydrogens is 372 g/mol. The summed E-state index contributed by atoms with van der Waals surface area (Å²) in [6, 6.07) is 11.9. The van der Waals surface area contributed by atoms with Gasteiger partial charge in [0.15, 0.2) is 6.61 Å². The van der Waals surface area contributed by atoms with E-state index < -0.39 is 24.0 Å². The molecule has 0 bridgehead atoms. The third-order valence-electron chi connectivity index (χ3n) is 5.27. The number of aliphatic hydroxyl groups excluding tert-OH is 1. The zero-order valence-electron chi connectivity index (χ0n) is 15.7. The summed E-state index contributed by atoms with van der Waals surface area (Å²) in [5.74, 6) is -1.15. The van der Waals surface area contributed by atoms with E-state index in [1.807, 2.05) is 30.3 Å². The molecule has 1 amide bonds. The van der Waals surface area contributed by atoms with Gasteiger partial charge in [-0.3, -0.25) is 4.79 Å². The number of aliphatic hydroxyl groups is 1.